The summed E-state index contributed by atoms with van der Waals surface area (Å²) >= 11 is 1.27. The topological polar surface area (TPSA) is 65.0 Å². The van der Waals surface area contributed by atoms with Crippen molar-refractivity contribution in [2.75, 3.05) is 12.4 Å². The lowest BCUT2D eigenvalue weighted by molar-refractivity contribution is -0.137. The van der Waals surface area contributed by atoms with Crippen molar-refractivity contribution < 1.29 is 37.3 Å². The molecule has 0 aliphatic carbocycles. The molecule has 0 fully saturated rings. The molecular weight excluding hydrogens is 493 g/mol. The second-order valence-corrected chi connectivity index (χ2v) is 8.96. The van der Waals surface area contributed by atoms with Gasteiger partial charge in [0, 0.05) is 11.3 Å². The molecule has 9 heteroatoms. The third-order valence-corrected chi connectivity index (χ3v) is 6.23. The maximum absolute atomic E-state index is 13.2. The van der Waals surface area contributed by atoms with Crippen LogP contribution in [0.15, 0.2) is 71.6 Å². The summed E-state index contributed by atoms with van der Waals surface area (Å²) < 4.78 is 57.2. The molecule has 1 atom stereocenters. The Morgan fingerprint density at radius 2 is 1.75 bits per heavy atom. The molecule has 1 N–H and O–H groups in total. The van der Waals surface area contributed by atoms with E-state index in [0.29, 0.717) is 24.5 Å². The van der Waals surface area contributed by atoms with Crippen molar-refractivity contribution in [1.29, 1.82) is 0 Å². The summed E-state index contributed by atoms with van der Waals surface area (Å²) in [5, 5.41) is 8.89. The largest absolute Gasteiger partial charge is 0.493 e. The van der Waals surface area contributed by atoms with E-state index in [-0.39, 0.29) is 23.4 Å². The van der Waals surface area contributed by atoms with E-state index in [4.69, 9.17) is 19.3 Å². The molecular formula is C27H27F3O5S. The Hall–Kier alpha value is -3.33. The van der Waals surface area contributed by atoms with Crippen molar-refractivity contribution in [3.63, 3.8) is 0 Å². The minimum absolute atomic E-state index is 0.0119. The molecule has 0 saturated heterocycles. The molecule has 0 radical (unpaired) electrons. The van der Waals surface area contributed by atoms with Crippen LogP contribution in [0, 0.1) is 0 Å². The average molecular weight is 521 g/mol. The lowest BCUT2D eigenvalue weighted by Crippen LogP contribution is -2.16. The smallest absolute Gasteiger partial charge is 0.416 e. The first-order valence-electron chi connectivity index (χ1n) is 11.4. The summed E-state index contributed by atoms with van der Waals surface area (Å²) in [6, 6.07) is 17.2. The van der Waals surface area contributed by atoms with Gasteiger partial charge in [0.1, 0.15) is 11.5 Å². The van der Waals surface area contributed by atoms with Gasteiger partial charge in [-0.15, -0.1) is 11.8 Å². The van der Waals surface area contributed by atoms with Crippen LogP contribution in [0.5, 0.6) is 23.0 Å². The molecule has 0 saturated carbocycles. The predicted molar refractivity (Wildman–Crippen MR) is 132 cm³/mol. The highest BCUT2D eigenvalue weighted by molar-refractivity contribution is 8.00. The zero-order valence-electron chi connectivity index (χ0n) is 19.9. The number of alkyl halides is 3. The van der Waals surface area contributed by atoms with Gasteiger partial charge < -0.3 is 19.3 Å². The maximum Gasteiger partial charge on any atom is 0.416 e. The van der Waals surface area contributed by atoms with Gasteiger partial charge in [-0.05, 0) is 67.4 Å². The maximum atomic E-state index is 13.2. The van der Waals surface area contributed by atoms with E-state index in [0.717, 1.165) is 29.0 Å². The van der Waals surface area contributed by atoms with Crippen LogP contribution >= 0.6 is 11.8 Å². The highest BCUT2D eigenvalue weighted by Gasteiger charge is 2.31. The van der Waals surface area contributed by atoms with Crippen LogP contribution in [0.4, 0.5) is 13.2 Å². The number of hydrogen-bond donors (Lipinski definition) is 1. The second-order valence-electron chi connectivity index (χ2n) is 7.95. The summed E-state index contributed by atoms with van der Waals surface area (Å²) in [7, 11) is 0. The molecule has 0 unspecified atom stereocenters. The van der Waals surface area contributed by atoms with Gasteiger partial charge >= 0.3 is 12.1 Å². The van der Waals surface area contributed by atoms with E-state index < -0.39 is 17.7 Å². The Morgan fingerprint density at radius 1 is 1.00 bits per heavy atom. The predicted octanol–water partition coefficient (Wildman–Crippen LogP) is 7.47. The van der Waals surface area contributed by atoms with Crippen LogP contribution < -0.4 is 14.2 Å². The molecule has 3 aromatic carbocycles. The van der Waals surface area contributed by atoms with Crippen LogP contribution in [0.1, 0.15) is 31.4 Å². The number of thioether (sulfide) groups is 1. The molecule has 0 amide bonds. The fraction of sp³-hybridized carbons (Fsp3) is 0.296. The normalized spacial score (nSPS) is 12.1. The lowest BCUT2D eigenvalue weighted by Gasteiger charge is -2.19. The van der Waals surface area contributed by atoms with E-state index in [2.05, 4.69) is 0 Å². The molecule has 36 heavy (non-hydrogen) atoms. The lowest BCUT2D eigenvalue weighted by atomic mass is 10.1. The Morgan fingerprint density at radius 3 is 2.42 bits per heavy atom. The number of para-hydroxylation sites is 1. The van der Waals surface area contributed by atoms with E-state index >= 15 is 0 Å². The van der Waals surface area contributed by atoms with Gasteiger partial charge in [-0.3, -0.25) is 4.79 Å². The second kappa shape index (κ2) is 12.6. The van der Waals surface area contributed by atoms with E-state index in [9.17, 15) is 18.0 Å². The van der Waals surface area contributed by atoms with Crippen molar-refractivity contribution in [3.05, 3.63) is 77.9 Å². The number of halogens is 3. The molecule has 0 aromatic heterocycles. The third-order valence-electron chi connectivity index (χ3n) is 5.13. The molecule has 0 aliphatic heterocycles. The SMILES string of the molecule is CCc1cc(OCC[C@@H](C)Oc2ccc(C(F)(F)F)cc2Oc2ccccc2)ccc1SCC(=O)O. The fourth-order valence-corrected chi connectivity index (χ4v) is 4.13. The average Bonchev–Trinajstić information content (AvgIpc) is 2.84. The summed E-state index contributed by atoms with van der Waals surface area (Å²) in [5.41, 5.74) is 0.170. The highest BCUT2D eigenvalue weighted by Crippen LogP contribution is 2.39. The van der Waals surface area contributed by atoms with Gasteiger partial charge in [0.25, 0.3) is 0 Å². The fourth-order valence-electron chi connectivity index (χ4n) is 3.30. The standard InChI is InChI=1S/C27H27F3O5S/c1-3-19-15-22(10-12-25(19)36-17-26(31)32)33-14-13-18(2)34-23-11-9-20(27(28,29)30)16-24(23)35-21-7-5-4-6-8-21/h4-12,15-16,18H,3,13-14,17H2,1-2H3,(H,31,32)/t18-/m1/s1. The first-order valence-corrected chi connectivity index (χ1v) is 12.4. The number of aliphatic carboxylic acids is 1. The quantitative estimate of drug-likeness (QED) is 0.250. The van der Waals surface area contributed by atoms with Crippen LogP contribution in [-0.4, -0.2) is 29.5 Å². The minimum atomic E-state index is -4.51. The number of ether oxygens (including phenoxy) is 3. The molecule has 0 heterocycles. The summed E-state index contributed by atoms with van der Waals surface area (Å²) in [4.78, 5) is 11.7. The van der Waals surface area contributed by atoms with Crippen molar-refractivity contribution >= 4 is 17.7 Å². The van der Waals surface area contributed by atoms with Crippen LogP contribution in [0.2, 0.25) is 0 Å². The van der Waals surface area contributed by atoms with Crippen LogP contribution in [-0.2, 0) is 17.4 Å². The van der Waals surface area contributed by atoms with Crippen molar-refractivity contribution in [2.24, 2.45) is 0 Å². The zero-order valence-corrected chi connectivity index (χ0v) is 20.7. The molecule has 3 rings (SSSR count). The third kappa shape index (κ3) is 8.12. The minimum Gasteiger partial charge on any atom is -0.493 e. The number of carbonyl (C=O) groups is 1. The van der Waals surface area contributed by atoms with Gasteiger partial charge in [-0.2, -0.15) is 13.2 Å². The van der Waals surface area contributed by atoms with Crippen molar-refractivity contribution in [2.45, 2.75) is 43.9 Å². The number of aryl methyl sites for hydroxylation is 1. The summed E-state index contributed by atoms with van der Waals surface area (Å²) in [6.07, 6.45) is -3.67. The number of benzene rings is 3. The first-order chi connectivity index (χ1) is 17.2. The van der Waals surface area contributed by atoms with E-state index in [1.165, 1.54) is 17.8 Å². The Bertz CT molecular complexity index is 1150. The number of rotatable bonds is 12. The van der Waals surface area contributed by atoms with Gasteiger partial charge in [0.15, 0.2) is 11.5 Å². The van der Waals surface area contributed by atoms with Gasteiger partial charge in [0.2, 0.25) is 0 Å². The molecule has 3 aromatic rings. The van der Waals surface area contributed by atoms with Crippen LogP contribution in [0.3, 0.4) is 0 Å². The molecule has 0 spiro atoms. The molecule has 5 nitrogen and oxygen atoms in total. The Balaban J connectivity index is 1.63. The summed E-state index contributed by atoms with van der Waals surface area (Å²) in [6.45, 7) is 4.11. The Kier molecular flexibility index (Phi) is 9.52. The van der Waals surface area contributed by atoms with Crippen molar-refractivity contribution in [1.82, 2.24) is 0 Å². The van der Waals surface area contributed by atoms with E-state index in [1.807, 2.05) is 19.1 Å². The molecule has 0 bridgehead atoms. The van der Waals surface area contributed by atoms with Gasteiger partial charge in [-0.25, -0.2) is 0 Å². The van der Waals surface area contributed by atoms with Gasteiger partial charge in [0.05, 0.1) is 24.0 Å². The number of carboxylic acids is 1. The van der Waals surface area contributed by atoms with E-state index in [1.54, 1.807) is 43.3 Å². The molecule has 192 valence electrons. The number of hydrogen-bond acceptors (Lipinski definition) is 5. The monoisotopic (exact) mass is 520 g/mol. The Labute approximate surface area is 212 Å². The summed E-state index contributed by atoms with van der Waals surface area (Å²) in [5.74, 6) is 0.345. The zero-order chi connectivity index (χ0) is 26.1. The first kappa shape index (κ1) is 27.3. The number of carboxylic acid groups (broad SMARTS) is 1. The highest BCUT2D eigenvalue weighted by atomic mass is 32.2. The molecule has 0 aliphatic rings. The van der Waals surface area contributed by atoms with Crippen LogP contribution in [0.25, 0.3) is 0 Å². The van der Waals surface area contributed by atoms with Crippen molar-refractivity contribution in [3.8, 4) is 23.0 Å². The van der Waals surface area contributed by atoms with Gasteiger partial charge in [-0.1, -0.05) is 25.1 Å².